The number of carbonyl (C=O) groups excluding carboxylic acids is 1. The normalized spacial score (nSPS) is 11.3. The lowest BCUT2D eigenvalue weighted by atomic mass is 10.5. The van der Waals surface area contributed by atoms with Gasteiger partial charge in [-0.25, -0.2) is 0 Å². The molecular weight excluding hydrogens is 147 g/mol. The van der Waals surface area contributed by atoms with Gasteiger partial charge < -0.3 is 4.90 Å². The van der Waals surface area contributed by atoms with Crippen LogP contribution in [0.1, 0.15) is 6.92 Å². The number of hydrogen-bond donors (Lipinski definition) is 0. The van der Waals surface area contributed by atoms with Crippen LogP contribution in [0.4, 0.5) is 13.2 Å². The van der Waals surface area contributed by atoms with Gasteiger partial charge in [-0.2, -0.15) is 13.2 Å². The third-order valence-corrected chi connectivity index (χ3v) is 1.06. The van der Waals surface area contributed by atoms with Crippen molar-refractivity contribution in [3.05, 3.63) is 0 Å². The van der Waals surface area contributed by atoms with E-state index in [1.54, 1.807) is 0 Å². The molecule has 0 spiro atoms. The molecule has 5 heteroatoms. The number of amides is 1. The summed E-state index contributed by atoms with van der Waals surface area (Å²) in [6.07, 6.45) is -4.73. The predicted molar refractivity (Wildman–Crippen MR) is 29.4 cm³/mol. The van der Waals surface area contributed by atoms with Crippen LogP contribution in [-0.2, 0) is 4.79 Å². The third kappa shape index (κ3) is 2.24. The lowest BCUT2D eigenvalue weighted by molar-refractivity contribution is -0.183. The average molecular weight is 155 g/mol. The molecule has 10 heavy (non-hydrogen) atoms. The van der Waals surface area contributed by atoms with Crippen molar-refractivity contribution in [2.24, 2.45) is 0 Å². The Morgan fingerprint density at radius 1 is 1.50 bits per heavy atom. The number of halogens is 3. The third-order valence-electron chi connectivity index (χ3n) is 1.06. The molecule has 0 N–H and O–H groups in total. The molecular formula is C5H8F3NO. The van der Waals surface area contributed by atoms with E-state index in [4.69, 9.17) is 0 Å². The molecule has 0 rings (SSSR count). The van der Waals surface area contributed by atoms with Gasteiger partial charge in [-0.05, 0) is 6.92 Å². The van der Waals surface area contributed by atoms with Gasteiger partial charge >= 0.3 is 12.1 Å². The largest absolute Gasteiger partial charge is 0.471 e. The second-order valence-corrected chi connectivity index (χ2v) is 1.82. The van der Waals surface area contributed by atoms with Crippen LogP contribution >= 0.6 is 0 Å². The molecule has 0 aromatic heterocycles. The Morgan fingerprint density at radius 2 is 1.90 bits per heavy atom. The first kappa shape index (κ1) is 9.26. The van der Waals surface area contributed by atoms with E-state index in [0.717, 1.165) is 7.05 Å². The second-order valence-electron chi connectivity index (χ2n) is 1.82. The second kappa shape index (κ2) is 2.90. The summed E-state index contributed by atoms with van der Waals surface area (Å²) in [7, 11) is 1.11. The average Bonchev–Trinajstić information content (AvgIpc) is 1.83. The van der Waals surface area contributed by atoms with Crippen molar-refractivity contribution in [3.8, 4) is 0 Å². The van der Waals surface area contributed by atoms with Gasteiger partial charge in [0.2, 0.25) is 0 Å². The standard InChI is InChI=1S/C5H8F3NO/c1-3-9(2)4(10)5(6,7)8/h3H2,1-2H3. The van der Waals surface area contributed by atoms with Crippen LogP contribution < -0.4 is 0 Å². The molecule has 0 aromatic carbocycles. The van der Waals surface area contributed by atoms with Crippen molar-refractivity contribution in [2.75, 3.05) is 13.6 Å². The minimum atomic E-state index is -4.73. The zero-order valence-electron chi connectivity index (χ0n) is 5.70. The quantitative estimate of drug-likeness (QED) is 0.553. The predicted octanol–water partition coefficient (Wildman–Crippen LogP) is 1.03. The summed E-state index contributed by atoms with van der Waals surface area (Å²) in [5, 5.41) is 0. The Hall–Kier alpha value is -0.740. The van der Waals surface area contributed by atoms with Crippen LogP contribution in [0.25, 0.3) is 0 Å². The highest BCUT2D eigenvalue weighted by atomic mass is 19.4. The smallest absolute Gasteiger partial charge is 0.338 e. The monoisotopic (exact) mass is 155 g/mol. The fraction of sp³-hybridized carbons (Fsp3) is 0.800. The zero-order valence-corrected chi connectivity index (χ0v) is 5.70. The summed E-state index contributed by atoms with van der Waals surface area (Å²) in [4.78, 5) is 10.8. The van der Waals surface area contributed by atoms with Gasteiger partial charge in [-0.15, -0.1) is 0 Å². The fourth-order valence-corrected chi connectivity index (χ4v) is 0.360. The molecule has 0 aliphatic rings. The van der Waals surface area contributed by atoms with E-state index in [2.05, 4.69) is 0 Å². The molecule has 1 amide bonds. The molecule has 0 aliphatic heterocycles. The van der Waals surface area contributed by atoms with Crippen molar-refractivity contribution in [3.63, 3.8) is 0 Å². The molecule has 0 atom stereocenters. The minimum Gasteiger partial charge on any atom is -0.338 e. The molecule has 0 heterocycles. The number of rotatable bonds is 1. The first-order valence-electron chi connectivity index (χ1n) is 2.72. The van der Waals surface area contributed by atoms with E-state index in [1.165, 1.54) is 6.92 Å². The first-order valence-corrected chi connectivity index (χ1v) is 2.72. The van der Waals surface area contributed by atoms with Crippen LogP contribution in [0, 0.1) is 0 Å². The SMILES string of the molecule is CCN(C)C(=O)C(F)(F)F. The summed E-state index contributed by atoms with van der Waals surface area (Å²) in [5.74, 6) is -1.80. The lowest BCUT2D eigenvalue weighted by Gasteiger charge is -2.15. The van der Waals surface area contributed by atoms with Crippen molar-refractivity contribution in [1.29, 1.82) is 0 Å². The highest BCUT2D eigenvalue weighted by Gasteiger charge is 2.40. The minimum absolute atomic E-state index is 0.0678. The van der Waals surface area contributed by atoms with Gasteiger partial charge in [0.05, 0.1) is 0 Å². The maximum absolute atomic E-state index is 11.5. The molecule has 0 fully saturated rings. The number of hydrogen-bond acceptors (Lipinski definition) is 1. The topological polar surface area (TPSA) is 20.3 Å². The maximum Gasteiger partial charge on any atom is 0.471 e. The van der Waals surface area contributed by atoms with Crippen molar-refractivity contribution in [1.82, 2.24) is 4.90 Å². The highest BCUT2D eigenvalue weighted by molar-refractivity contribution is 5.81. The van der Waals surface area contributed by atoms with Gasteiger partial charge in [-0.1, -0.05) is 0 Å². The van der Waals surface area contributed by atoms with Crippen LogP contribution in [-0.4, -0.2) is 30.6 Å². The van der Waals surface area contributed by atoms with E-state index in [0.29, 0.717) is 4.90 Å². The lowest BCUT2D eigenvalue weighted by Crippen LogP contribution is -2.38. The first-order chi connectivity index (χ1) is 4.39. The van der Waals surface area contributed by atoms with Crippen LogP contribution in [0.5, 0.6) is 0 Å². The molecule has 0 saturated carbocycles. The van der Waals surface area contributed by atoms with Crippen molar-refractivity contribution in [2.45, 2.75) is 13.1 Å². The number of alkyl halides is 3. The van der Waals surface area contributed by atoms with Gasteiger partial charge in [0.1, 0.15) is 0 Å². The number of nitrogens with zero attached hydrogens (tertiary/aromatic N) is 1. The van der Waals surface area contributed by atoms with Gasteiger partial charge in [0.25, 0.3) is 0 Å². The van der Waals surface area contributed by atoms with Gasteiger partial charge in [-0.3, -0.25) is 4.79 Å². The Labute approximate surface area is 56.6 Å². The molecule has 0 aliphatic carbocycles. The van der Waals surface area contributed by atoms with E-state index in [-0.39, 0.29) is 6.54 Å². The van der Waals surface area contributed by atoms with Crippen LogP contribution in [0.2, 0.25) is 0 Å². The van der Waals surface area contributed by atoms with Crippen molar-refractivity contribution < 1.29 is 18.0 Å². The Kier molecular flexibility index (Phi) is 2.68. The summed E-state index contributed by atoms with van der Waals surface area (Å²) >= 11 is 0. The maximum atomic E-state index is 11.5. The number of carbonyl (C=O) groups is 1. The molecule has 0 bridgehead atoms. The van der Waals surface area contributed by atoms with E-state index >= 15 is 0 Å². The Morgan fingerprint density at radius 3 is 2.00 bits per heavy atom. The summed E-state index contributed by atoms with van der Waals surface area (Å²) in [6.45, 7) is 1.54. The van der Waals surface area contributed by atoms with E-state index in [9.17, 15) is 18.0 Å². The summed E-state index contributed by atoms with van der Waals surface area (Å²) in [6, 6.07) is 0. The van der Waals surface area contributed by atoms with Gasteiger partial charge in [0.15, 0.2) is 0 Å². The zero-order chi connectivity index (χ0) is 8.36. The molecule has 60 valence electrons. The van der Waals surface area contributed by atoms with Crippen LogP contribution in [0.15, 0.2) is 0 Å². The summed E-state index contributed by atoms with van der Waals surface area (Å²) < 4.78 is 34.5. The van der Waals surface area contributed by atoms with Crippen molar-refractivity contribution >= 4 is 5.91 Å². The van der Waals surface area contributed by atoms with E-state index in [1.807, 2.05) is 0 Å². The van der Waals surface area contributed by atoms with Gasteiger partial charge in [0, 0.05) is 13.6 Å². The Balaban J connectivity index is 4.09. The fourth-order valence-electron chi connectivity index (χ4n) is 0.360. The highest BCUT2D eigenvalue weighted by Crippen LogP contribution is 2.16. The molecule has 0 aromatic rings. The Bertz CT molecular complexity index is 131. The molecule has 0 radical (unpaired) electrons. The van der Waals surface area contributed by atoms with E-state index < -0.39 is 12.1 Å². The molecule has 2 nitrogen and oxygen atoms in total. The molecule has 0 saturated heterocycles. The molecule has 0 unspecified atom stereocenters. The van der Waals surface area contributed by atoms with Crippen LogP contribution in [0.3, 0.4) is 0 Å². The summed E-state index contributed by atoms with van der Waals surface area (Å²) in [5.41, 5.74) is 0.